The molecule has 0 aromatic heterocycles. The molecule has 1 aliphatic rings. The number of carbonyl (C=O) groups is 2. The van der Waals surface area contributed by atoms with Crippen LogP contribution in [0.1, 0.15) is 95.9 Å². The third-order valence-electron chi connectivity index (χ3n) is 11.9. The zero-order valence-corrected chi connectivity index (χ0v) is 35.8. The molecule has 0 spiro atoms. The topological polar surface area (TPSA) is 141 Å². The van der Waals surface area contributed by atoms with Crippen LogP contribution >= 0.6 is 0 Å². The molecule has 4 aromatic rings. The first kappa shape index (κ1) is 44.1. The molecule has 2 unspecified atom stereocenters. The van der Waals surface area contributed by atoms with Crippen molar-refractivity contribution in [3.8, 4) is 23.0 Å². The number of nitrogens with two attached hydrogens (primary N) is 1. The van der Waals surface area contributed by atoms with Crippen molar-refractivity contribution in [2.75, 3.05) is 28.4 Å². The number of benzene rings is 4. The summed E-state index contributed by atoms with van der Waals surface area (Å²) in [6.07, 6.45) is 2.55. The molecule has 0 saturated heterocycles. The Kier molecular flexibility index (Phi) is 12.9. The molecular weight excluding hydrogens is 733 g/mol. The maximum Gasteiger partial charge on any atom is 0.239 e. The van der Waals surface area contributed by atoms with Crippen molar-refractivity contribution in [2.45, 2.75) is 96.9 Å². The van der Waals surface area contributed by atoms with Crippen LogP contribution in [0.25, 0.3) is 0 Å². The normalized spacial score (nSPS) is 15.8. The summed E-state index contributed by atoms with van der Waals surface area (Å²) < 4.78 is 22.2. The van der Waals surface area contributed by atoms with Crippen molar-refractivity contribution in [2.24, 2.45) is 22.0 Å². The highest BCUT2D eigenvalue weighted by Crippen LogP contribution is 2.53. The summed E-state index contributed by atoms with van der Waals surface area (Å²) in [7, 11) is 6.29. The lowest BCUT2D eigenvalue weighted by Crippen LogP contribution is -2.71. The SMILES string of the molecule is COc1ccc(C(O)(c2ccc(OC)cc2)C(N(C(=O)C2(C(N)=O)CCCCC2)C(C(C)(C)C)C(O)(c2ccc(OC)cc2)c2ccc(OC)cc2)C(C)(C)C)cc1. The van der Waals surface area contributed by atoms with E-state index in [9.17, 15) is 15.0 Å². The van der Waals surface area contributed by atoms with Gasteiger partial charge < -0.3 is 39.8 Å². The molecule has 58 heavy (non-hydrogen) atoms. The molecular formula is C48H62N2O8. The van der Waals surface area contributed by atoms with Crippen molar-refractivity contribution in [3.63, 3.8) is 0 Å². The summed E-state index contributed by atoms with van der Waals surface area (Å²) in [6.45, 7) is 11.8. The highest BCUT2D eigenvalue weighted by atomic mass is 16.5. The number of hydrogen-bond donors (Lipinski definition) is 3. The largest absolute Gasteiger partial charge is 0.497 e. The average molecular weight is 795 g/mol. The second-order valence-corrected chi connectivity index (χ2v) is 17.7. The van der Waals surface area contributed by atoms with Gasteiger partial charge >= 0.3 is 0 Å². The predicted octanol–water partition coefficient (Wildman–Crippen LogP) is 7.99. The van der Waals surface area contributed by atoms with Gasteiger partial charge in [0.05, 0.1) is 40.5 Å². The fourth-order valence-electron chi connectivity index (χ4n) is 9.19. The van der Waals surface area contributed by atoms with E-state index in [2.05, 4.69) is 0 Å². The van der Waals surface area contributed by atoms with Crippen LogP contribution in [-0.2, 0) is 20.8 Å². The maximum atomic E-state index is 16.4. The molecule has 1 saturated carbocycles. The van der Waals surface area contributed by atoms with E-state index in [0.29, 0.717) is 58.1 Å². The van der Waals surface area contributed by atoms with Gasteiger partial charge in [0.2, 0.25) is 11.8 Å². The molecule has 0 radical (unpaired) electrons. The fourth-order valence-corrected chi connectivity index (χ4v) is 9.19. The van der Waals surface area contributed by atoms with E-state index in [1.807, 2.05) is 41.5 Å². The van der Waals surface area contributed by atoms with E-state index in [1.54, 1.807) is 130 Å². The Morgan fingerprint density at radius 2 is 0.793 bits per heavy atom. The molecule has 1 fully saturated rings. The summed E-state index contributed by atoms with van der Waals surface area (Å²) in [5, 5.41) is 28.1. The van der Waals surface area contributed by atoms with Crippen LogP contribution in [0.5, 0.6) is 23.0 Å². The van der Waals surface area contributed by atoms with Gasteiger partial charge in [-0.3, -0.25) is 9.59 Å². The summed E-state index contributed by atoms with van der Waals surface area (Å²) in [6, 6.07) is 26.2. The summed E-state index contributed by atoms with van der Waals surface area (Å²) >= 11 is 0. The first-order valence-electron chi connectivity index (χ1n) is 20.0. The van der Waals surface area contributed by atoms with Crippen molar-refractivity contribution in [1.82, 2.24) is 4.90 Å². The van der Waals surface area contributed by atoms with Crippen LogP contribution in [0.15, 0.2) is 97.1 Å². The smallest absolute Gasteiger partial charge is 0.239 e. The molecule has 0 heterocycles. The van der Waals surface area contributed by atoms with Crippen LogP contribution in [0.4, 0.5) is 0 Å². The van der Waals surface area contributed by atoms with Gasteiger partial charge in [0, 0.05) is 0 Å². The van der Waals surface area contributed by atoms with Crippen molar-refractivity contribution < 1.29 is 38.7 Å². The Morgan fingerprint density at radius 3 is 1.00 bits per heavy atom. The van der Waals surface area contributed by atoms with E-state index in [-0.39, 0.29) is 12.8 Å². The zero-order valence-electron chi connectivity index (χ0n) is 35.8. The van der Waals surface area contributed by atoms with Crippen LogP contribution in [0.2, 0.25) is 0 Å². The quantitative estimate of drug-likeness (QED) is 0.109. The molecule has 2 amide bonds. The Labute approximate surface area is 344 Å². The lowest BCUT2D eigenvalue weighted by atomic mass is 9.62. The van der Waals surface area contributed by atoms with E-state index in [4.69, 9.17) is 24.7 Å². The summed E-state index contributed by atoms with van der Waals surface area (Å²) in [5.74, 6) is 1.06. The number of methoxy groups -OCH3 is 4. The lowest BCUT2D eigenvalue weighted by Gasteiger charge is -2.59. The van der Waals surface area contributed by atoms with E-state index in [0.717, 1.165) is 6.42 Å². The highest BCUT2D eigenvalue weighted by Gasteiger charge is 2.62. The first-order chi connectivity index (χ1) is 27.3. The highest BCUT2D eigenvalue weighted by molar-refractivity contribution is 6.05. The molecule has 4 aromatic carbocycles. The number of primary amides is 1. The molecule has 5 rings (SSSR count). The molecule has 1 aliphatic carbocycles. The molecule has 10 heteroatoms. The van der Waals surface area contributed by atoms with Crippen molar-refractivity contribution >= 4 is 11.8 Å². The third kappa shape index (κ3) is 8.14. The van der Waals surface area contributed by atoms with Gasteiger partial charge in [-0.1, -0.05) is 109 Å². The van der Waals surface area contributed by atoms with Crippen LogP contribution in [-0.4, -0.2) is 67.5 Å². The Bertz CT molecular complexity index is 1770. The van der Waals surface area contributed by atoms with Crippen LogP contribution in [0.3, 0.4) is 0 Å². The zero-order chi connectivity index (χ0) is 42.7. The Hall–Kier alpha value is -5.06. The standard InChI is InChI=1S/C48H62N2O8/c1-44(2,3)40(47(53,32-14-22-36(55-7)23-15-32)33-16-24-37(56-8)25-17-33)50(43(52)46(42(49)51)30-12-11-13-31-46)41(45(4,5)6)48(54,34-18-26-38(57-9)27-19-34)35-20-28-39(58-10)29-21-35/h14-29,40-41,53-54H,11-13,30-31H2,1-10H3,(H2,49,51). The van der Waals surface area contributed by atoms with E-state index >= 15 is 4.79 Å². The maximum absolute atomic E-state index is 16.4. The van der Waals surface area contributed by atoms with Gasteiger partial charge in [-0.25, -0.2) is 0 Å². The molecule has 4 N–H and O–H groups in total. The number of ether oxygens (including phenoxy) is 4. The molecule has 0 aliphatic heterocycles. The average Bonchev–Trinajstić information content (AvgIpc) is 3.22. The van der Waals surface area contributed by atoms with Gasteiger partial charge in [0.1, 0.15) is 39.6 Å². The number of nitrogens with zero attached hydrogens (tertiary/aromatic N) is 1. The van der Waals surface area contributed by atoms with E-state index < -0.39 is 51.3 Å². The minimum Gasteiger partial charge on any atom is -0.497 e. The monoisotopic (exact) mass is 794 g/mol. The number of hydrogen-bond acceptors (Lipinski definition) is 8. The van der Waals surface area contributed by atoms with Gasteiger partial charge in [0.25, 0.3) is 0 Å². The number of amides is 2. The van der Waals surface area contributed by atoms with Crippen molar-refractivity contribution in [3.05, 3.63) is 119 Å². The van der Waals surface area contributed by atoms with E-state index in [1.165, 1.54) is 0 Å². The second kappa shape index (κ2) is 17.0. The minimum absolute atomic E-state index is 0.235. The van der Waals surface area contributed by atoms with Crippen LogP contribution in [0, 0.1) is 16.2 Å². The van der Waals surface area contributed by atoms with Crippen LogP contribution < -0.4 is 24.7 Å². The predicted molar refractivity (Wildman–Crippen MR) is 226 cm³/mol. The number of aliphatic hydroxyl groups is 2. The van der Waals surface area contributed by atoms with Gasteiger partial charge in [-0.2, -0.15) is 0 Å². The summed E-state index contributed by atoms with van der Waals surface area (Å²) in [5.41, 5.74) is 0.825. The Morgan fingerprint density at radius 1 is 0.534 bits per heavy atom. The second-order valence-electron chi connectivity index (χ2n) is 17.7. The fraction of sp³-hybridized carbons (Fsp3) is 0.458. The summed E-state index contributed by atoms with van der Waals surface area (Å²) in [4.78, 5) is 32.1. The molecule has 2 atom stereocenters. The Balaban J connectivity index is 2.00. The van der Waals surface area contributed by atoms with Gasteiger partial charge in [-0.05, 0) is 94.5 Å². The van der Waals surface area contributed by atoms with Crippen molar-refractivity contribution in [1.29, 1.82) is 0 Å². The number of rotatable bonds is 14. The molecule has 10 nitrogen and oxygen atoms in total. The molecule has 0 bridgehead atoms. The molecule has 312 valence electrons. The van der Waals surface area contributed by atoms with Gasteiger partial charge in [-0.15, -0.1) is 0 Å². The minimum atomic E-state index is -1.97. The first-order valence-corrected chi connectivity index (χ1v) is 20.0. The lowest BCUT2D eigenvalue weighted by molar-refractivity contribution is -0.186. The number of carbonyl (C=O) groups excluding carboxylic acids is 2. The van der Waals surface area contributed by atoms with Gasteiger partial charge in [0.15, 0.2) is 0 Å². The third-order valence-corrected chi connectivity index (χ3v) is 11.9.